The maximum Gasteiger partial charge on any atom is 0.261 e. The van der Waals surface area contributed by atoms with Crippen molar-refractivity contribution in [3.05, 3.63) is 21.9 Å². The van der Waals surface area contributed by atoms with E-state index in [-0.39, 0.29) is 11.7 Å². The van der Waals surface area contributed by atoms with Crippen molar-refractivity contribution in [3.63, 3.8) is 0 Å². The number of thiophene rings is 1. The van der Waals surface area contributed by atoms with Gasteiger partial charge in [0.25, 0.3) is 5.91 Å². The number of amides is 1. The van der Waals surface area contributed by atoms with E-state index in [1.165, 1.54) is 7.05 Å². The molecule has 1 N–H and O–H groups in total. The molecule has 4 nitrogen and oxygen atoms in total. The highest BCUT2D eigenvalue weighted by atomic mass is 32.1. The molecule has 1 amide bonds. The second kappa shape index (κ2) is 5.42. The molecule has 84 valence electrons. The first kappa shape index (κ1) is 12.4. The molecule has 0 radical (unpaired) electrons. The van der Waals surface area contributed by atoms with Crippen molar-refractivity contribution in [3.8, 4) is 6.07 Å². The predicted molar refractivity (Wildman–Crippen MR) is 61.4 cm³/mol. The monoisotopic (exact) mass is 236 g/mol. The van der Waals surface area contributed by atoms with Crippen molar-refractivity contribution in [1.82, 2.24) is 5.32 Å². The lowest BCUT2D eigenvalue weighted by Gasteiger charge is -2.01. The number of carbonyl (C=O) groups is 2. The lowest BCUT2D eigenvalue weighted by Crippen LogP contribution is -2.16. The van der Waals surface area contributed by atoms with E-state index in [9.17, 15) is 9.59 Å². The van der Waals surface area contributed by atoms with Crippen molar-refractivity contribution in [2.45, 2.75) is 13.3 Å². The van der Waals surface area contributed by atoms with Crippen LogP contribution in [0.3, 0.4) is 0 Å². The Morgan fingerprint density at radius 2 is 2.12 bits per heavy atom. The van der Waals surface area contributed by atoms with Gasteiger partial charge in [0.05, 0.1) is 15.8 Å². The summed E-state index contributed by atoms with van der Waals surface area (Å²) in [6.45, 7) is 1.79. The molecule has 1 heterocycles. The Kier molecular flexibility index (Phi) is 4.20. The van der Waals surface area contributed by atoms with Gasteiger partial charge in [0.2, 0.25) is 0 Å². The third kappa shape index (κ3) is 2.47. The quantitative estimate of drug-likeness (QED) is 0.811. The number of carbonyl (C=O) groups excluding carboxylic acids is 2. The molecule has 0 fully saturated rings. The summed E-state index contributed by atoms with van der Waals surface area (Å²) < 4.78 is 0. The SMILES string of the molecule is CCC(C#N)C(=O)c1ccc(C(=O)NC)s1. The van der Waals surface area contributed by atoms with Crippen molar-refractivity contribution >= 4 is 23.0 Å². The number of nitriles is 1. The van der Waals surface area contributed by atoms with Crippen LogP contribution in [0.5, 0.6) is 0 Å². The van der Waals surface area contributed by atoms with E-state index in [4.69, 9.17) is 5.26 Å². The minimum absolute atomic E-state index is 0.204. The summed E-state index contributed by atoms with van der Waals surface area (Å²) in [7, 11) is 1.54. The Morgan fingerprint density at radius 3 is 2.62 bits per heavy atom. The fourth-order valence-electron chi connectivity index (χ4n) is 1.22. The topological polar surface area (TPSA) is 70.0 Å². The summed E-state index contributed by atoms with van der Waals surface area (Å²) in [4.78, 5) is 24.0. The zero-order chi connectivity index (χ0) is 12.1. The molecule has 1 rings (SSSR count). The molecule has 16 heavy (non-hydrogen) atoms. The van der Waals surface area contributed by atoms with Gasteiger partial charge in [-0.3, -0.25) is 9.59 Å². The maximum absolute atomic E-state index is 11.8. The van der Waals surface area contributed by atoms with Crippen LogP contribution in [-0.2, 0) is 0 Å². The summed E-state index contributed by atoms with van der Waals surface area (Å²) >= 11 is 1.12. The molecule has 1 unspecified atom stereocenters. The first-order valence-corrected chi connectivity index (χ1v) is 5.71. The van der Waals surface area contributed by atoms with Gasteiger partial charge in [0.15, 0.2) is 5.78 Å². The molecule has 1 atom stereocenters. The molecule has 0 aliphatic rings. The summed E-state index contributed by atoms with van der Waals surface area (Å²) in [6, 6.07) is 5.15. The zero-order valence-corrected chi connectivity index (χ0v) is 9.93. The highest BCUT2D eigenvalue weighted by molar-refractivity contribution is 7.16. The fourth-order valence-corrected chi connectivity index (χ4v) is 2.17. The second-order valence-corrected chi connectivity index (χ2v) is 4.28. The minimum Gasteiger partial charge on any atom is -0.354 e. The van der Waals surface area contributed by atoms with E-state index in [0.717, 1.165) is 11.3 Å². The van der Waals surface area contributed by atoms with Gasteiger partial charge in [-0.1, -0.05) is 6.92 Å². The van der Waals surface area contributed by atoms with Gasteiger partial charge >= 0.3 is 0 Å². The lowest BCUT2D eigenvalue weighted by molar-refractivity contribution is 0.0948. The molecule has 1 aromatic heterocycles. The molecule has 1 aromatic rings. The number of nitrogens with one attached hydrogen (secondary N) is 1. The summed E-state index contributed by atoms with van der Waals surface area (Å²) in [5.41, 5.74) is 0. The van der Waals surface area contributed by atoms with Crippen LogP contribution in [0.1, 0.15) is 32.7 Å². The van der Waals surface area contributed by atoms with Crippen molar-refractivity contribution < 1.29 is 9.59 Å². The van der Waals surface area contributed by atoms with E-state index >= 15 is 0 Å². The molecule has 0 aromatic carbocycles. The Bertz CT molecular complexity index is 445. The van der Waals surface area contributed by atoms with Crippen molar-refractivity contribution in [1.29, 1.82) is 5.26 Å². The number of Topliss-reactive ketones (excluding diaryl/α,β-unsaturated/α-hetero) is 1. The van der Waals surface area contributed by atoms with Crippen LogP contribution < -0.4 is 5.32 Å². The molecule has 0 aliphatic heterocycles. The Labute approximate surface area is 97.9 Å². The minimum atomic E-state index is -0.615. The first-order chi connectivity index (χ1) is 7.63. The molecule has 5 heteroatoms. The Hall–Kier alpha value is -1.67. The summed E-state index contributed by atoms with van der Waals surface area (Å²) in [6.07, 6.45) is 0.489. The number of rotatable bonds is 4. The highest BCUT2D eigenvalue weighted by Crippen LogP contribution is 2.21. The van der Waals surface area contributed by atoms with Crippen LogP contribution in [0.2, 0.25) is 0 Å². The van der Waals surface area contributed by atoms with Crippen LogP contribution in [0.25, 0.3) is 0 Å². The van der Waals surface area contributed by atoms with Gasteiger partial charge in [0, 0.05) is 7.05 Å². The van der Waals surface area contributed by atoms with Crippen LogP contribution in [-0.4, -0.2) is 18.7 Å². The van der Waals surface area contributed by atoms with Gasteiger partial charge < -0.3 is 5.32 Å². The van der Waals surface area contributed by atoms with E-state index in [1.807, 2.05) is 6.07 Å². The molecule has 0 bridgehead atoms. The lowest BCUT2D eigenvalue weighted by atomic mass is 10.0. The summed E-state index contributed by atoms with van der Waals surface area (Å²) in [5, 5.41) is 11.3. The van der Waals surface area contributed by atoms with Crippen molar-refractivity contribution in [2.75, 3.05) is 7.05 Å². The van der Waals surface area contributed by atoms with E-state index in [1.54, 1.807) is 19.1 Å². The molecule has 0 spiro atoms. The normalized spacial score (nSPS) is 11.6. The van der Waals surface area contributed by atoms with Gasteiger partial charge in [-0.05, 0) is 18.6 Å². The third-order valence-corrected chi connectivity index (χ3v) is 3.28. The Morgan fingerprint density at radius 1 is 1.50 bits per heavy atom. The van der Waals surface area contributed by atoms with Gasteiger partial charge in [0.1, 0.15) is 5.92 Å². The molecular formula is C11H12N2O2S. The number of hydrogen-bond donors (Lipinski definition) is 1. The van der Waals surface area contributed by atoms with E-state index in [0.29, 0.717) is 16.2 Å². The first-order valence-electron chi connectivity index (χ1n) is 4.89. The average molecular weight is 236 g/mol. The number of ketones is 1. The third-order valence-electron chi connectivity index (χ3n) is 2.18. The van der Waals surface area contributed by atoms with Gasteiger partial charge in [-0.2, -0.15) is 5.26 Å². The van der Waals surface area contributed by atoms with Gasteiger partial charge in [-0.25, -0.2) is 0 Å². The van der Waals surface area contributed by atoms with Crippen LogP contribution >= 0.6 is 11.3 Å². The fraction of sp³-hybridized carbons (Fsp3) is 0.364. The van der Waals surface area contributed by atoms with Gasteiger partial charge in [-0.15, -0.1) is 11.3 Å². The maximum atomic E-state index is 11.8. The second-order valence-electron chi connectivity index (χ2n) is 3.20. The molecule has 0 saturated carbocycles. The number of nitrogens with zero attached hydrogens (tertiary/aromatic N) is 1. The molecule has 0 saturated heterocycles. The summed E-state index contributed by atoms with van der Waals surface area (Å²) in [5.74, 6) is -1.03. The van der Waals surface area contributed by atoms with Crippen LogP contribution in [0.15, 0.2) is 12.1 Å². The Balaban J connectivity index is 2.90. The van der Waals surface area contributed by atoms with Crippen LogP contribution in [0.4, 0.5) is 0 Å². The highest BCUT2D eigenvalue weighted by Gasteiger charge is 2.20. The average Bonchev–Trinajstić information content (AvgIpc) is 2.78. The number of hydrogen-bond acceptors (Lipinski definition) is 4. The van der Waals surface area contributed by atoms with E-state index < -0.39 is 5.92 Å². The van der Waals surface area contributed by atoms with Crippen molar-refractivity contribution in [2.24, 2.45) is 5.92 Å². The molecular weight excluding hydrogens is 224 g/mol. The molecule has 0 aliphatic carbocycles. The van der Waals surface area contributed by atoms with Crippen LogP contribution in [0, 0.1) is 17.2 Å². The van der Waals surface area contributed by atoms with E-state index in [2.05, 4.69) is 5.32 Å². The smallest absolute Gasteiger partial charge is 0.261 e. The zero-order valence-electron chi connectivity index (χ0n) is 9.11. The predicted octanol–water partition coefficient (Wildman–Crippen LogP) is 1.84. The largest absolute Gasteiger partial charge is 0.354 e. The standard InChI is InChI=1S/C11H12N2O2S/c1-3-7(6-12)10(14)8-4-5-9(16-8)11(15)13-2/h4-5,7H,3H2,1-2H3,(H,13,15).